The predicted molar refractivity (Wildman–Crippen MR) is 138 cm³/mol. The number of hydrogen-bond donors (Lipinski definition) is 4. The lowest BCUT2D eigenvalue weighted by Gasteiger charge is -2.39. The third kappa shape index (κ3) is 5.14. The number of fused-ring (bicyclic) bond motifs is 1. The number of benzene rings is 2. The highest BCUT2D eigenvalue weighted by Gasteiger charge is 2.34. The maximum Gasteiger partial charge on any atom is 0.309 e. The van der Waals surface area contributed by atoms with Gasteiger partial charge in [0.05, 0.1) is 22.7 Å². The van der Waals surface area contributed by atoms with E-state index in [0.717, 1.165) is 0 Å². The van der Waals surface area contributed by atoms with Crippen LogP contribution in [0.15, 0.2) is 54.7 Å². The van der Waals surface area contributed by atoms with Crippen LogP contribution in [0, 0.1) is 5.92 Å². The van der Waals surface area contributed by atoms with Gasteiger partial charge in [0, 0.05) is 42.8 Å². The first-order valence-corrected chi connectivity index (χ1v) is 12.1. The lowest BCUT2D eigenvalue weighted by Crippen LogP contribution is -2.56. The molecule has 0 spiro atoms. The molecule has 0 aliphatic carbocycles. The van der Waals surface area contributed by atoms with Crippen molar-refractivity contribution in [2.24, 2.45) is 5.92 Å². The zero-order valence-electron chi connectivity index (χ0n) is 20.9. The van der Waals surface area contributed by atoms with Crippen LogP contribution in [0.25, 0.3) is 10.9 Å². The first kappa shape index (κ1) is 26.6. The summed E-state index contributed by atoms with van der Waals surface area (Å²) < 4.78 is 0. The molecule has 3 amide bonds. The number of nitrogens with zero attached hydrogens (tertiary/aromatic N) is 2. The third-order valence-corrected chi connectivity index (χ3v) is 6.74. The maximum atomic E-state index is 13.2. The summed E-state index contributed by atoms with van der Waals surface area (Å²) in [6.45, 7) is 3.77. The molecular formula is C27H28N4O7. The molecule has 0 saturated carbocycles. The molecule has 3 atom stereocenters. The third-order valence-electron chi connectivity index (χ3n) is 6.74. The summed E-state index contributed by atoms with van der Waals surface area (Å²) in [7, 11) is 0. The summed E-state index contributed by atoms with van der Waals surface area (Å²) in [4.78, 5) is 68.6. The molecule has 38 heavy (non-hydrogen) atoms. The molecule has 2 unspecified atom stereocenters. The van der Waals surface area contributed by atoms with Gasteiger partial charge in [0.1, 0.15) is 6.10 Å². The lowest BCUT2D eigenvalue weighted by atomic mass is 10.0. The van der Waals surface area contributed by atoms with Crippen LogP contribution >= 0.6 is 0 Å². The first-order chi connectivity index (χ1) is 18.1. The number of carbonyl (C=O) groups is 5. The molecule has 4 N–H and O–H groups in total. The van der Waals surface area contributed by atoms with Crippen LogP contribution in [0.4, 0.5) is 5.69 Å². The molecule has 1 aliphatic rings. The van der Waals surface area contributed by atoms with Crippen LogP contribution in [0.1, 0.15) is 34.6 Å². The molecule has 11 heteroatoms. The van der Waals surface area contributed by atoms with Crippen LogP contribution < -0.4 is 5.32 Å². The summed E-state index contributed by atoms with van der Waals surface area (Å²) in [5, 5.41) is 21.9. The van der Waals surface area contributed by atoms with Crippen LogP contribution in [-0.2, 0) is 14.4 Å². The molecule has 0 radical (unpaired) electrons. The SMILES string of the molecule is CC(C(=O)O)C(O)C(=O)Nc1cccc2c(C(=O)C(=O)N3CCN(C(=O)c4ccccc4)C[C@H]3C)c[nH]c12. The molecule has 4 rings (SSSR count). The van der Waals surface area contributed by atoms with Crippen LogP contribution in [0.2, 0.25) is 0 Å². The van der Waals surface area contributed by atoms with E-state index in [0.29, 0.717) is 16.5 Å². The van der Waals surface area contributed by atoms with Gasteiger partial charge in [-0.15, -0.1) is 0 Å². The van der Waals surface area contributed by atoms with Crippen molar-refractivity contribution in [3.05, 3.63) is 65.9 Å². The minimum Gasteiger partial charge on any atom is -0.481 e. The van der Waals surface area contributed by atoms with Crippen molar-refractivity contribution >= 4 is 46.1 Å². The molecule has 2 aromatic carbocycles. The summed E-state index contributed by atoms with van der Waals surface area (Å²) >= 11 is 0. The summed E-state index contributed by atoms with van der Waals surface area (Å²) in [6, 6.07) is 13.2. The number of carbonyl (C=O) groups excluding carboxylic acids is 4. The smallest absolute Gasteiger partial charge is 0.309 e. The number of para-hydroxylation sites is 1. The number of nitrogens with one attached hydrogen (secondary N) is 2. The second-order valence-corrected chi connectivity index (χ2v) is 9.29. The van der Waals surface area contributed by atoms with E-state index in [4.69, 9.17) is 5.11 Å². The molecule has 3 aromatic rings. The van der Waals surface area contributed by atoms with E-state index in [2.05, 4.69) is 10.3 Å². The van der Waals surface area contributed by atoms with E-state index in [9.17, 15) is 29.1 Å². The van der Waals surface area contributed by atoms with Gasteiger partial charge in [0.2, 0.25) is 0 Å². The highest BCUT2D eigenvalue weighted by Crippen LogP contribution is 2.27. The van der Waals surface area contributed by atoms with Crippen LogP contribution in [0.5, 0.6) is 0 Å². The van der Waals surface area contributed by atoms with Gasteiger partial charge >= 0.3 is 5.97 Å². The van der Waals surface area contributed by atoms with Crippen molar-refractivity contribution in [2.75, 3.05) is 25.0 Å². The average molecular weight is 521 g/mol. The number of carboxylic acids is 1. The number of ketones is 1. The lowest BCUT2D eigenvalue weighted by molar-refractivity contribution is -0.148. The Hall–Kier alpha value is -4.51. The van der Waals surface area contributed by atoms with E-state index < -0.39 is 35.6 Å². The molecule has 198 valence electrons. The minimum absolute atomic E-state index is 0.107. The van der Waals surface area contributed by atoms with Crippen molar-refractivity contribution < 1.29 is 34.2 Å². The van der Waals surface area contributed by atoms with Gasteiger partial charge in [-0.1, -0.05) is 30.3 Å². The fourth-order valence-electron chi connectivity index (χ4n) is 4.47. The fraction of sp³-hybridized carbons (Fsp3) is 0.296. The number of carboxylic acid groups (broad SMARTS) is 1. The van der Waals surface area contributed by atoms with E-state index >= 15 is 0 Å². The highest BCUT2D eigenvalue weighted by atomic mass is 16.4. The van der Waals surface area contributed by atoms with E-state index in [1.807, 2.05) is 6.07 Å². The molecule has 1 fully saturated rings. The molecule has 1 aliphatic heterocycles. The maximum absolute atomic E-state index is 13.2. The van der Waals surface area contributed by atoms with Gasteiger partial charge in [-0.25, -0.2) is 0 Å². The number of Topliss-reactive ketones (excluding diaryl/α,β-unsaturated/α-hetero) is 1. The Kier molecular flexibility index (Phi) is 7.58. The van der Waals surface area contributed by atoms with Gasteiger partial charge in [-0.2, -0.15) is 0 Å². The first-order valence-electron chi connectivity index (χ1n) is 12.1. The quantitative estimate of drug-likeness (QED) is 0.273. The van der Waals surface area contributed by atoms with Crippen molar-refractivity contribution in [3.63, 3.8) is 0 Å². The second kappa shape index (κ2) is 10.9. The Morgan fingerprint density at radius 2 is 1.74 bits per heavy atom. The second-order valence-electron chi connectivity index (χ2n) is 9.29. The average Bonchev–Trinajstić information content (AvgIpc) is 3.36. The van der Waals surface area contributed by atoms with E-state index in [-0.39, 0.29) is 42.8 Å². The van der Waals surface area contributed by atoms with Gasteiger partial charge < -0.3 is 30.3 Å². The van der Waals surface area contributed by atoms with Gasteiger partial charge in [-0.3, -0.25) is 24.0 Å². The number of aliphatic hydroxyl groups excluding tert-OH is 1. The fourth-order valence-corrected chi connectivity index (χ4v) is 4.47. The van der Waals surface area contributed by atoms with Crippen molar-refractivity contribution in [2.45, 2.75) is 26.0 Å². The van der Waals surface area contributed by atoms with Crippen molar-refractivity contribution in [1.29, 1.82) is 0 Å². The van der Waals surface area contributed by atoms with E-state index in [1.54, 1.807) is 48.2 Å². The number of anilines is 1. The molecule has 1 saturated heterocycles. The summed E-state index contributed by atoms with van der Waals surface area (Å²) in [5.41, 5.74) is 1.23. The van der Waals surface area contributed by atoms with Crippen LogP contribution in [-0.4, -0.2) is 86.3 Å². The summed E-state index contributed by atoms with van der Waals surface area (Å²) in [5.74, 6) is -5.14. The summed E-state index contributed by atoms with van der Waals surface area (Å²) in [6.07, 6.45) is -0.411. The number of aliphatic carboxylic acids is 1. The zero-order valence-corrected chi connectivity index (χ0v) is 20.9. The Labute approximate surface area is 218 Å². The number of piperazine rings is 1. The minimum atomic E-state index is -1.78. The van der Waals surface area contributed by atoms with Gasteiger partial charge in [-0.05, 0) is 32.0 Å². The number of aromatic amines is 1. The monoisotopic (exact) mass is 520 g/mol. The number of rotatable bonds is 7. The molecule has 0 bridgehead atoms. The molecule has 1 aromatic heterocycles. The highest BCUT2D eigenvalue weighted by molar-refractivity contribution is 6.45. The van der Waals surface area contributed by atoms with Crippen LogP contribution in [0.3, 0.4) is 0 Å². The number of amides is 3. The van der Waals surface area contributed by atoms with E-state index in [1.165, 1.54) is 24.1 Å². The molecule has 2 heterocycles. The predicted octanol–water partition coefficient (Wildman–Crippen LogP) is 1.74. The Morgan fingerprint density at radius 1 is 1.03 bits per heavy atom. The zero-order chi connectivity index (χ0) is 27.6. The topological polar surface area (TPSA) is 160 Å². The number of H-pyrrole nitrogens is 1. The standard InChI is InChI=1S/C27H28N4O7/c1-15-14-30(25(35)17-7-4-3-5-8-17)11-12-31(15)26(36)23(33)19-13-28-21-18(19)9-6-10-20(21)29-24(34)22(32)16(2)27(37)38/h3-10,13,15-16,22,28,32H,11-12,14H2,1-2H3,(H,29,34)(H,37,38)/t15-,16?,22?/m1/s1. The van der Waals surface area contributed by atoms with Crippen molar-refractivity contribution in [3.8, 4) is 0 Å². The van der Waals surface area contributed by atoms with Gasteiger partial charge in [0.25, 0.3) is 23.5 Å². The van der Waals surface area contributed by atoms with Gasteiger partial charge in [0.15, 0.2) is 0 Å². The normalized spacial score (nSPS) is 17.1. The Bertz CT molecular complexity index is 1400. The molecule has 11 nitrogen and oxygen atoms in total. The Balaban J connectivity index is 1.48. The number of aliphatic hydroxyl groups is 1. The largest absolute Gasteiger partial charge is 0.481 e. The number of aromatic nitrogens is 1. The van der Waals surface area contributed by atoms with Crippen molar-refractivity contribution in [1.82, 2.24) is 14.8 Å². The Morgan fingerprint density at radius 3 is 2.39 bits per heavy atom. The number of hydrogen-bond acceptors (Lipinski definition) is 6. The molecular weight excluding hydrogens is 492 g/mol.